The van der Waals surface area contributed by atoms with Crippen LogP contribution in [0.2, 0.25) is 0 Å². The fourth-order valence-corrected chi connectivity index (χ4v) is 3.71. The molecule has 1 saturated heterocycles. The van der Waals surface area contributed by atoms with E-state index < -0.39 is 17.4 Å². The van der Waals surface area contributed by atoms with Gasteiger partial charge in [-0.1, -0.05) is 41.5 Å². The third-order valence-electron chi connectivity index (χ3n) is 5.36. The van der Waals surface area contributed by atoms with Crippen molar-refractivity contribution in [1.29, 1.82) is 0 Å². The van der Waals surface area contributed by atoms with Crippen LogP contribution in [-0.4, -0.2) is 34.5 Å². The van der Waals surface area contributed by atoms with Gasteiger partial charge >= 0.3 is 0 Å². The van der Waals surface area contributed by atoms with E-state index in [2.05, 4.69) is 32.0 Å². The Bertz CT molecular complexity index is 874. The molecule has 0 aliphatic carbocycles. The molecule has 2 aromatic rings. The van der Waals surface area contributed by atoms with Gasteiger partial charge in [0.05, 0.1) is 5.41 Å². The molecule has 1 fully saturated rings. The molecule has 1 heterocycles. The minimum Gasteiger partial charge on any atom is -0.489 e. The number of hydrogen-bond donors (Lipinski definition) is 2. The molecule has 0 aromatic heterocycles. The zero-order chi connectivity index (χ0) is 20.5. The van der Waals surface area contributed by atoms with E-state index >= 15 is 0 Å². The molecule has 6 heteroatoms. The number of β-lactam (4-membered cyclic amide) rings is 1. The summed E-state index contributed by atoms with van der Waals surface area (Å²) >= 11 is 0. The Morgan fingerprint density at radius 2 is 1.82 bits per heavy atom. The zero-order valence-electron chi connectivity index (χ0n) is 16.7. The van der Waals surface area contributed by atoms with Crippen molar-refractivity contribution in [3.05, 3.63) is 64.7 Å². The van der Waals surface area contributed by atoms with Crippen LogP contribution < -0.4 is 10.2 Å². The number of benzene rings is 2. The van der Waals surface area contributed by atoms with Gasteiger partial charge in [-0.05, 0) is 51.0 Å². The van der Waals surface area contributed by atoms with E-state index in [0.29, 0.717) is 13.2 Å². The number of aryl methyl sites for hydroxylation is 2. The van der Waals surface area contributed by atoms with Gasteiger partial charge in [-0.15, -0.1) is 0 Å². The Morgan fingerprint density at radius 3 is 2.36 bits per heavy atom. The molecule has 2 amide bonds. The number of hydroxylamine groups is 1. The zero-order valence-corrected chi connectivity index (χ0v) is 16.7. The number of nitrogens with zero attached hydrogens (tertiary/aromatic N) is 1. The van der Waals surface area contributed by atoms with Crippen molar-refractivity contribution in [2.75, 3.05) is 6.54 Å². The highest BCUT2D eigenvalue weighted by Gasteiger charge is 2.52. The smallest absolute Gasteiger partial charge is 0.265 e. The average Bonchev–Trinajstić information content (AvgIpc) is 2.68. The molecule has 0 radical (unpaired) electrons. The summed E-state index contributed by atoms with van der Waals surface area (Å²) in [6.07, 6.45) is 0. The third-order valence-corrected chi connectivity index (χ3v) is 5.36. The van der Waals surface area contributed by atoms with Crippen LogP contribution in [-0.2, 0) is 21.6 Å². The quantitative estimate of drug-likeness (QED) is 0.457. The number of carbonyl (C=O) groups excluding carboxylic acids is 2. The molecule has 1 aliphatic heterocycles. The maximum atomic E-state index is 12.6. The fraction of sp³-hybridized carbons (Fsp3) is 0.364. The molecular weight excluding hydrogens is 356 g/mol. The second-order valence-electron chi connectivity index (χ2n) is 7.73. The van der Waals surface area contributed by atoms with E-state index in [0.717, 1.165) is 16.9 Å². The normalized spacial score (nSPS) is 19.8. The topological polar surface area (TPSA) is 78.9 Å². The van der Waals surface area contributed by atoms with Crippen LogP contribution in [0.25, 0.3) is 0 Å². The second kappa shape index (κ2) is 7.64. The summed E-state index contributed by atoms with van der Waals surface area (Å²) in [6.45, 7) is 8.49. The van der Waals surface area contributed by atoms with Gasteiger partial charge in [-0.2, -0.15) is 0 Å². The van der Waals surface area contributed by atoms with Gasteiger partial charge in [0, 0.05) is 6.54 Å². The Hall–Kier alpha value is -2.86. The number of nitrogens with one attached hydrogen (secondary N) is 1. The molecule has 2 aromatic carbocycles. The van der Waals surface area contributed by atoms with Crippen molar-refractivity contribution < 1.29 is 19.5 Å². The number of carbonyl (C=O) groups is 2. The first kappa shape index (κ1) is 19.9. The van der Waals surface area contributed by atoms with Gasteiger partial charge in [0.2, 0.25) is 5.91 Å². The summed E-state index contributed by atoms with van der Waals surface area (Å²) in [7, 11) is 0. The summed E-state index contributed by atoms with van der Waals surface area (Å²) in [5, 5.41) is 8.75. The van der Waals surface area contributed by atoms with Crippen LogP contribution >= 0.6 is 0 Å². The molecule has 1 aliphatic rings. The first-order valence-corrected chi connectivity index (χ1v) is 9.30. The lowest BCUT2D eigenvalue weighted by Gasteiger charge is -2.49. The van der Waals surface area contributed by atoms with Crippen LogP contribution in [0.1, 0.15) is 36.1 Å². The highest BCUT2D eigenvalue weighted by molar-refractivity contribution is 5.97. The minimum atomic E-state index is -0.703. The van der Waals surface area contributed by atoms with Gasteiger partial charge < -0.3 is 9.64 Å². The Kier molecular flexibility index (Phi) is 5.42. The Morgan fingerprint density at radius 1 is 1.21 bits per heavy atom. The third kappa shape index (κ3) is 3.73. The number of likely N-dealkylation sites (tertiary alicyclic amines) is 1. The highest BCUT2D eigenvalue weighted by atomic mass is 16.5. The lowest BCUT2D eigenvalue weighted by Crippen LogP contribution is -2.67. The predicted octanol–water partition coefficient (Wildman–Crippen LogP) is 2.88. The van der Waals surface area contributed by atoms with Crippen molar-refractivity contribution in [3.63, 3.8) is 0 Å². The number of amides is 2. The molecule has 28 heavy (non-hydrogen) atoms. The van der Waals surface area contributed by atoms with Gasteiger partial charge in [0.25, 0.3) is 5.91 Å². The van der Waals surface area contributed by atoms with E-state index in [4.69, 9.17) is 9.94 Å². The highest BCUT2D eigenvalue weighted by Crippen LogP contribution is 2.37. The first-order valence-electron chi connectivity index (χ1n) is 9.30. The van der Waals surface area contributed by atoms with Crippen molar-refractivity contribution in [2.24, 2.45) is 0 Å². The summed E-state index contributed by atoms with van der Waals surface area (Å²) in [5.74, 6) is 0.0150. The summed E-state index contributed by atoms with van der Waals surface area (Å²) < 4.78 is 5.88. The molecule has 148 valence electrons. The van der Waals surface area contributed by atoms with Crippen LogP contribution in [0, 0.1) is 13.8 Å². The van der Waals surface area contributed by atoms with E-state index in [1.54, 1.807) is 12.4 Å². The SMILES string of the molecule is Cc1cc(C)cc(COc2ccc(C3(C)CN(C(C)C(=O)NO)C3=O)cc2)c1. The number of hydrogen-bond acceptors (Lipinski definition) is 4. The lowest BCUT2D eigenvalue weighted by atomic mass is 9.74. The van der Waals surface area contributed by atoms with Crippen LogP contribution in [0.3, 0.4) is 0 Å². The number of ether oxygens (including phenoxy) is 1. The molecule has 0 bridgehead atoms. The average molecular weight is 382 g/mol. The van der Waals surface area contributed by atoms with Crippen molar-refractivity contribution in [2.45, 2.75) is 45.8 Å². The molecule has 0 spiro atoms. The summed E-state index contributed by atoms with van der Waals surface area (Å²) in [4.78, 5) is 25.6. The minimum absolute atomic E-state index is 0.132. The number of rotatable bonds is 6. The Labute approximate surface area is 165 Å². The largest absolute Gasteiger partial charge is 0.489 e. The van der Waals surface area contributed by atoms with Gasteiger partial charge in [0.1, 0.15) is 18.4 Å². The molecule has 3 rings (SSSR count). The molecule has 2 N–H and O–H groups in total. The van der Waals surface area contributed by atoms with Crippen LogP contribution in [0.15, 0.2) is 42.5 Å². The molecular formula is C22H26N2O4. The van der Waals surface area contributed by atoms with E-state index in [-0.39, 0.29) is 5.91 Å². The molecule has 0 saturated carbocycles. The van der Waals surface area contributed by atoms with Gasteiger partial charge in [-0.3, -0.25) is 14.8 Å². The summed E-state index contributed by atoms with van der Waals surface area (Å²) in [6, 6.07) is 13.1. The lowest BCUT2D eigenvalue weighted by molar-refractivity contribution is -0.159. The maximum absolute atomic E-state index is 12.6. The van der Waals surface area contributed by atoms with Gasteiger partial charge in [0.15, 0.2) is 0 Å². The van der Waals surface area contributed by atoms with E-state index in [1.165, 1.54) is 16.0 Å². The van der Waals surface area contributed by atoms with Crippen molar-refractivity contribution in [1.82, 2.24) is 10.4 Å². The predicted molar refractivity (Wildman–Crippen MR) is 105 cm³/mol. The Balaban J connectivity index is 1.64. The standard InChI is InChI=1S/C22H26N2O4/c1-14-9-15(2)11-17(10-14)12-28-19-7-5-18(6-8-19)22(4)13-24(21(22)26)16(3)20(25)23-27/h5-11,16,27H,12-13H2,1-4H3,(H,23,25). The monoisotopic (exact) mass is 382 g/mol. The summed E-state index contributed by atoms with van der Waals surface area (Å²) in [5.41, 5.74) is 5.34. The fourth-order valence-electron chi connectivity index (χ4n) is 3.71. The van der Waals surface area contributed by atoms with Gasteiger partial charge in [-0.25, -0.2) is 5.48 Å². The van der Waals surface area contributed by atoms with E-state index in [1.807, 2.05) is 31.2 Å². The second-order valence-corrected chi connectivity index (χ2v) is 7.73. The molecule has 2 unspecified atom stereocenters. The molecule has 2 atom stereocenters. The van der Waals surface area contributed by atoms with Crippen molar-refractivity contribution >= 4 is 11.8 Å². The van der Waals surface area contributed by atoms with Crippen molar-refractivity contribution in [3.8, 4) is 5.75 Å². The van der Waals surface area contributed by atoms with Crippen LogP contribution in [0.4, 0.5) is 0 Å². The maximum Gasteiger partial charge on any atom is 0.265 e. The molecule has 6 nitrogen and oxygen atoms in total. The first-order chi connectivity index (χ1) is 13.2. The van der Waals surface area contributed by atoms with Crippen LogP contribution in [0.5, 0.6) is 5.75 Å². The van der Waals surface area contributed by atoms with E-state index in [9.17, 15) is 9.59 Å².